The summed E-state index contributed by atoms with van der Waals surface area (Å²) in [6.07, 6.45) is 61.1. The van der Waals surface area contributed by atoms with Crippen molar-refractivity contribution in [2.75, 3.05) is 13.2 Å². The van der Waals surface area contributed by atoms with E-state index in [2.05, 4.69) is 74.7 Å². The van der Waals surface area contributed by atoms with E-state index < -0.39 is 67.4 Å². The number of allylic oxidation sites excluding steroid dienone is 9. The minimum absolute atomic E-state index is 0.111. The van der Waals surface area contributed by atoms with E-state index in [0.29, 0.717) is 19.3 Å². The number of aliphatic hydroxyl groups is 5. The molecule has 1 amide bonds. The smallest absolute Gasteiger partial charge is 0.306 e. The molecule has 11 heteroatoms. The number of carbonyl (C=O) groups is 2. The summed E-state index contributed by atoms with van der Waals surface area (Å²) in [7, 11) is 0. The third-order valence-corrected chi connectivity index (χ3v) is 15.7. The van der Waals surface area contributed by atoms with Crippen LogP contribution in [-0.4, -0.2) is 99.6 Å². The molecule has 0 aromatic carbocycles. The molecule has 0 spiro atoms. The summed E-state index contributed by atoms with van der Waals surface area (Å²) in [6.45, 7) is 5.78. The van der Waals surface area contributed by atoms with E-state index in [-0.39, 0.29) is 13.0 Å². The van der Waals surface area contributed by atoms with E-state index in [4.69, 9.17) is 14.2 Å². The molecule has 1 rings (SSSR count). The maximum Gasteiger partial charge on any atom is 0.306 e. The highest BCUT2D eigenvalue weighted by molar-refractivity contribution is 5.80. The van der Waals surface area contributed by atoms with Gasteiger partial charge in [0.1, 0.15) is 24.4 Å². The Bertz CT molecular complexity index is 1530. The lowest BCUT2D eigenvalue weighted by molar-refractivity contribution is -0.305. The normalized spacial score (nSPS) is 19.1. The fourth-order valence-electron chi connectivity index (χ4n) is 10.3. The molecule has 0 aliphatic carbocycles. The summed E-state index contributed by atoms with van der Waals surface area (Å²) in [5.41, 5.74) is 0. The van der Waals surface area contributed by atoms with Crippen LogP contribution in [0, 0.1) is 0 Å². The van der Waals surface area contributed by atoms with Crippen molar-refractivity contribution in [2.45, 2.75) is 352 Å². The number of unbranched alkanes of at least 4 members (excludes halogenated alkanes) is 35. The highest BCUT2D eigenvalue weighted by Gasteiger charge is 2.47. The maximum atomic E-state index is 13.4. The standard InChI is InChI=1S/C69H125NO10/c1-4-7-10-13-16-19-22-25-27-29-30-31-32-33-34-35-37-39-42-45-48-51-54-57-64(74)80-67-66(76)65(75)63(58-71)79-69(67)78-59-60(61(72)55-52-49-46-43-40-24-21-18-15-12-9-6-3)70-68(77)62(73)56-53-50-47-44-41-38-36-28-26-23-20-17-14-11-8-5-2/h16,19,25,27,30-31,33-34,52,55,60-63,65-67,69,71-73,75-76H,4-15,17-18,20-24,26,28-29,32,35-51,53-54,56-59H2,1-3H3,(H,70,77)/b19-16-,27-25-,31-30-,34-33-,55-52+. The molecule has 1 fully saturated rings. The fraction of sp³-hybridized carbons (Fsp3) is 0.826. The number of aliphatic hydroxyl groups excluding tert-OH is 5. The zero-order valence-electron chi connectivity index (χ0n) is 51.7. The van der Waals surface area contributed by atoms with Crippen molar-refractivity contribution in [1.29, 1.82) is 0 Å². The van der Waals surface area contributed by atoms with E-state index in [1.165, 1.54) is 154 Å². The molecule has 1 aliphatic rings. The summed E-state index contributed by atoms with van der Waals surface area (Å²) >= 11 is 0. The van der Waals surface area contributed by atoms with Crippen LogP contribution in [0.4, 0.5) is 0 Å². The van der Waals surface area contributed by atoms with Gasteiger partial charge in [0.15, 0.2) is 12.4 Å². The van der Waals surface area contributed by atoms with Crippen molar-refractivity contribution in [3.63, 3.8) is 0 Å². The van der Waals surface area contributed by atoms with Crippen LogP contribution in [0.1, 0.15) is 303 Å². The molecule has 0 saturated carbocycles. The average molecular weight is 1130 g/mol. The van der Waals surface area contributed by atoms with E-state index in [1.807, 2.05) is 6.08 Å². The molecule has 8 unspecified atom stereocenters. The predicted octanol–water partition coefficient (Wildman–Crippen LogP) is 16.6. The highest BCUT2D eigenvalue weighted by Crippen LogP contribution is 2.26. The van der Waals surface area contributed by atoms with Crippen molar-refractivity contribution < 1.29 is 49.3 Å². The second-order valence-electron chi connectivity index (χ2n) is 23.2. The first kappa shape index (κ1) is 75.4. The van der Waals surface area contributed by atoms with E-state index in [0.717, 1.165) is 103 Å². The summed E-state index contributed by atoms with van der Waals surface area (Å²) in [5, 5.41) is 57.1. The van der Waals surface area contributed by atoms with Crippen LogP contribution in [0.25, 0.3) is 0 Å². The molecule has 1 aliphatic heterocycles. The molecule has 0 aromatic rings. The minimum atomic E-state index is -1.62. The van der Waals surface area contributed by atoms with Crippen molar-refractivity contribution in [3.8, 4) is 0 Å². The monoisotopic (exact) mass is 1130 g/mol. The van der Waals surface area contributed by atoms with Crippen LogP contribution in [0.2, 0.25) is 0 Å². The Morgan fingerprint density at radius 2 is 0.863 bits per heavy atom. The van der Waals surface area contributed by atoms with Crippen LogP contribution >= 0.6 is 0 Å². The number of rotatable bonds is 57. The lowest BCUT2D eigenvalue weighted by Gasteiger charge is -2.41. The van der Waals surface area contributed by atoms with Gasteiger partial charge in [0.25, 0.3) is 0 Å². The van der Waals surface area contributed by atoms with E-state index >= 15 is 0 Å². The Balaban J connectivity index is 2.62. The zero-order chi connectivity index (χ0) is 58.2. The first-order chi connectivity index (χ1) is 39.2. The summed E-state index contributed by atoms with van der Waals surface area (Å²) in [5.74, 6) is -1.20. The Morgan fingerprint density at radius 1 is 0.487 bits per heavy atom. The Morgan fingerprint density at radius 3 is 1.31 bits per heavy atom. The SMILES string of the molecule is CCCCC/C=C\C/C=C\C/C=C\C/C=C\CCCCCCCCCC(=O)OC1C(OCC(NC(=O)C(O)CCCCCCCCCCCCCCCCCC)C(O)/C=C/CCCCCCCCCCCC)OC(CO)C(O)C1O. The Kier molecular flexibility index (Phi) is 53.5. The lowest BCUT2D eigenvalue weighted by atomic mass is 9.99. The number of carbonyl (C=O) groups excluding carboxylic acids is 2. The Hall–Kier alpha value is -2.64. The molecule has 0 bridgehead atoms. The number of ether oxygens (including phenoxy) is 3. The average Bonchev–Trinajstić information content (AvgIpc) is 3.48. The summed E-state index contributed by atoms with van der Waals surface area (Å²) in [6, 6.07) is -1.03. The lowest BCUT2D eigenvalue weighted by Crippen LogP contribution is -2.61. The quantitative estimate of drug-likeness (QED) is 0.0195. The molecule has 466 valence electrons. The van der Waals surface area contributed by atoms with Gasteiger partial charge in [-0.3, -0.25) is 9.59 Å². The second kappa shape index (κ2) is 56.8. The van der Waals surface area contributed by atoms with Crippen molar-refractivity contribution in [1.82, 2.24) is 5.32 Å². The van der Waals surface area contributed by atoms with Crippen LogP contribution < -0.4 is 5.32 Å². The number of hydrogen-bond donors (Lipinski definition) is 6. The van der Waals surface area contributed by atoms with Gasteiger partial charge in [0.2, 0.25) is 5.91 Å². The van der Waals surface area contributed by atoms with Crippen LogP contribution in [0.3, 0.4) is 0 Å². The summed E-state index contributed by atoms with van der Waals surface area (Å²) in [4.78, 5) is 26.6. The molecular weight excluding hydrogens is 1000 g/mol. The van der Waals surface area contributed by atoms with Gasteiger partial charge in [-0.2, -0.15) is 0 Å². The van der Waals surface area contributed by atoms with E-state index in [9.17, 15) is 35.1 Å². The minimum Gasteiger partial charge on any atom is -0.454 e. The van der Waals surface area contributed by atoms with Crippen molar-refractivity contribution in [2.24, 2.45) is 0 Å². The highest BCUT2D eigenvalue weighted by atomic mass is 16.7. The van der Waals surface area contributed by atoms with Gasteiger partial charge in [0.05, 0.1) is 25.4 Å². The van der Waals surface area contributed by atoms with Crippen LogP contribution in [0.5, 0.6) is 0 Å². The molecule has 0 radical (unpaired) electrons. The van der Waals surface area contributed by atoms with Gasteiger partial charge in [-0.05, 0) is 70.6 Å². The second-order valence-corrected chi connectivity index (χ2v) is 23.2. The maximum absolute atomic E-state index is 13.4. The molecule has 11 nitrogen and oxygen atoms in total. The van der Waals surface area contributed by atoms with Gasteiger partial charge in [-0.25, -0.2) is 0 Å². The third kappa shape index (κ3) is 44.0. The fourth-order valence-corrected chi connectivity index (χ4v) is 10.3. The third-order valence-electron chi connectivity index (χ3n) is 15.7. The topological polar surface area (TPSA) is 175 Å². The zero-order valence-corrected chi connectivity index (χ0v) is 51.7. The molecular formula is C69H125NO10. The molecule has 0 aromatic heterocycles. The molecule has 80 heavy (non-hydrogen) atoms. The molecule has 1 saturated heterocycles. The first-order valence-electron chi connectivity index (χ1n) is 33.6. The van der Waals surface area contributed by atoms with Gasteiger partial charge >= 0.3 is 5.97 Å². The van der Waals surface area contributed by atoms with Crippen molar-refractivity contribution >= 4 is 11.9 Å². The largest absolute Gasteiger partial charge is 0.454 e. The van der Waals surface area contributed by atoms with Gasteiger partial charge in [0, 0.05) is 6.42 Å². The molecule has 1 heterocycles. The van der Waals surface area contributed by atoms with Crippen LogP contribution in [-0.2, 0) is 23.8 Å². The molecule has 8 atom stereocenters. The Labute approximate surface area is 490 Å². The van der Waals surface area contributed by atoms with Gasteiger partial charge in [-0.15, -0.1) is 0 Å². The van der Waals surface area contributed by atoms with E-state index in [1.54, 1.807) is 6.08 Å². The van der Waals surface area contributed by atoms with Gasteiger partial charge < -0.3 is 45.1 Å². The summed E-state index contributed by atoms with van der Waals surface area (Å²) < 4.78 is 17.7. The number of hydrogen-bond acceptors (Lipinski definition) is 10. The number of nitrogens with one attached hydrogen (secondary N) is 1. The number of esters is 1. The van der Waals surface area contributed by atoms with Gasteiger partial charge in [-0.1, -0.05) is 287 Å². The molecule has 6 N–H and O–H groups in total. The predicted molar refractivity (Wildman–Crippen MR) is 333 cm³/mol. The first-order valence-corrected chi connectivity index (χ1v) is 33.6. The number of amides is 1. The van der Waals surface area contributed by atoms with Crippen LogP contribution in [0.15, 0.2) is 60.8 Å². The van der Waals surface area contributed by atoms with Crippen molar-refractivity contribution in [3.05, 3.63) is 60.8 Å².